The highest BCUT2D eigenvalue weighted by molar-refractivity contribution is 6.36. The zero-order valence-corrected chi connectivity index (χ0v) is 42.8. The SMILES string of the molecule is CCCc1nc(Cc2cc(C3CC3)nn2C)c2c(n1)[nH]c1cc(-c3c(C)noc3C)c(OC)cc12.CCCc1nc(Cl)c2c(n1)[nH]c1cc(-c3c(C)noc3C)c(OC)cc12.Cn1nc(C2CC2)cc1N. The highest BCUT2D eigenvalue weighted by Gasteiger charge is 2.29. The lowest BCUT2D eigenvalue weighted by atomic mass is 10.00. The third kappa shape index (κ3) is 9.18. The van der Waals surface area contributed by atoms with Crippen molar-refractivity contribution in [2.75, 3.05) is 20.0 Å². The van der Waals surface area contributed by atoms with Crippen LogP contribution in [0.25, 0.3) is 66.1 Å². The van der Waals surface area contributed by atoms with E-state index < -0.39 is 0 Å². The number of nitrogens with two attached hydrogens (primary N) is 1. The second-order valence-electron chi connectivity index (χ2n) is 18.8. The van der Waals surface area contributed by atoms with Gasteiger partial charge in [-0.15, -0.1) is 0 Å². The predicted molar refractivity (Wildman–Crippen MR) is 276 cm³/mol. The molecule has 368 valence electrons. The molecule has 10 aromatic rings. The maximum atomic E-state index is 6.47. The van der Waals surface area contributed by atoms with E-state index in [1.165, 1.54) is 42.8 Å². The summed E-state index contributed by atoms with van der Waals surface area (Å²) >= 11 is 6.47. The zero-order chi connectivity index (χ0) is 49.8. The van der Waals surface area contributed by atoms with Crippen LogP contribution in [-0.2, 0) is 33.4 Å². The molecule has 0 amide bonds. The molecule has 0 bridgehead atoms. The summed E-state index contributed by atoms with van der Waals surface area (Å²) < 4.78 is 26.0. The van der Waals surface area contributed by atoms with E-state index in [1.54, 1.807) is 18.9 Å². The summed E-state index contributed by atoms with van der Waals surface area (Å²) in [4.78, 5) is 25.9. The van der Waals surface area contributed by atoms with Crippen LogP contribution in [0.5, 0.6) is 11.5 Å². The van der Waals surface area contributed by atoms with E-state index in [4.69, 9.17) is 50.9 Å². The van der Waals surface area contributed by atoms with Crippen LogP contribution in [0.3, 0.4) is 0 Å². The van der Waals surface area contributed by atoms with Crippen molar-refractivity contribution in [3.63, 3.8) is 0 Å². The summed E-state index contributed by atoms with van der Waals surface area (Å²) in [6.07, 6.45) is 9.34. The molecule has 0 radical (unpaired) electrons. The molecule has 2 saturated carbocycles. The minimum atomic E-state index is 0.455. The van der Waals surface area contributed by atoms with Gasteiger partial charge in [-0.1, -0.05) is 35.8 Å². The Morgan fingerprint density at radius 2 is 1.15 bits per heavy atom. The van der Waals surface area contributed by atoms with Gasteiger partial charge in [0, 0.05) is 95.3 Å². The van der Waals surface area contributed by atoms with Crippen molar-refractivity contribution in [3.05, 3.63) is 98.9 Å². The maximum Gasteiger partial charge on any atom is 0.143 e. The van der Waals surface area contributed by atoms with Gasteiger partial charge in [0.25, 0.3) is 0 Å². The number of benzene rings is 2. The molecular formula is C53H60ClN13O4. The lowest BCUT2D eigenvalue weighted by Gasteiger charge is -2.10. The molecule has 2 aromatic carbocycles. The first-order valence-electron chi connectivity index (χ1n) is 24.4. The van der Waals surface area contributed by atoms with Gasteiger partial charge in [0.15, 0.2) is 0 Å². The highest BCUT2D eigenvalue weighted by Crippen LogP contribution is 2.44. The molecule has 0 spiro atoms. The molecule has 4 N–H and O–H groups in total. The van der Waals surface area contributed by atoms with E-state index in [2.05, 4.69) is 67.4 Å². The third-order valence-electron chi connectivity index (χ3n) is 13.5. The van der Waals surface area contributed by atoms with Crippen LogP contribution in [-0.4, -0.2) is 74.0 Å². The Kier molecular flexibility index (Phi) is 12.8. The molecule has 18 heteroatoms. The Balaban J connectivity index is 0.000000141. The Morgan fingerprint density at radius 3 is 1.62 bits per heavy atom. The molecule has 8 aromatic heterocycles. The number of hydrogen-bond donors (Lipinski definition) is 3. The predicted octanol–water partition coefficient (Wildman–Crippen LogP) is 11.4. The molecule has 0 atom stereocenters. The Bertz CT molecular complexity index is 3550. The van der Waals surface area contributed by atoms with Crippen molar-refractivity contribution in [3.8, 4) is 33.8 Å². The van der Waals surface area contributed by atoms with Gasteiger partial charge >= 0.3 is 0 Å². The maximum absolute atomic E-state index is 6.47. The van der Waals surface area contributed by atoms with Crippen LogP contribution < -0.4 is 15.2 Å². The summed E-state index contributed by atoms with van der Waals surface area (Å²) in [5.41, 5.74) is 19.1. The molecule has 12 rings (SSSR count). The van der Waals surface area contributed by atoms with E-state index >= 15 is 0 Å². The van der Waals surface area contributed by atoms with Crippen LogP contribution >= 0.6 is 11.6 Å². The number of fused-ring (bicyclic) bond motifs is 6. The lowest BCUT2D eigenvalue weighted by Crippen LogP contribution is -2.05. The summed E-state index contributed by atoms with van der Waals surface area (Å²) in [6, 6.07) is 12.4. The largest absolute Gasteiger partial charge is 0.496 e. The first kappa shape index (κ1) is 47.4. The average molecular weight is 979 g/mol. The Morgan fingerprint density at radius 1 is 0.662 bits per heavy atom. The van der Waals surface area contributed by atoms with Crippen molar-refractivity contribution in [1.82, 2.24) is 59.8 Å². The van der Waals surface area contributed by atoms with E-state index in [0.717, 1.165) is 149 Å². The van der Waals surface area contributed by atoms with Crippen molar-refractivity contribution in [2.24, 2.45) is 14.1 Å². The van der Waals surface area contributed by atoms with Gasteiger partial charge in [0.2, 0.25) is 0 Å². The monoisotopic (exact) mass is 977 g/mol. The smallest absolute Gasteiger partial charge is 0.143 e. The van der Waals surface area contributed by atoms with E-state index in [0.29, 0.717) is 23.4 Å². The van der Waals surface area contributed by atoms with Crippen LogP contribution in [0.4, 0.5) is 5.82 Å². The average Bonchev–Trinajstić information content (AvgIpc) is 4.16. The van der Waals surface area contributed by atoms with Gasteiger partial charge < -0.3 is 34.2 Å². The number of aromatic nitrogens is 12. The molecule has 2 aliphatic rings. The number of nitrogen functional groups attached to an aromatic ring is 1. The number of ether oxygens (including phenoxy) is 2. The highest BCUT2D eigenvalue weighted by atomic mass is 35.5. The van der Waals surface area contributed by atoms with Crippen molar-refractivity contribution < 1.29 is 18.5 Å². The fraction of sp³-hybridized carbons (Fsp3) is 0.396. The first-order chi connectivity index (χ1) is 34.3. The minimum absolute atomic E-state index is 0.455. The number of aromatic amines is 2. The van der Waals surface area contributed by atoms with Crippen LogP contribution in [0, 0.1) is 27.7 Å². The van der Waals surface area contributed by atoms with Gasteiger partial charge in [-0.05, 0) is 96.6 Å². The summed E-state index contributed by atoms with van der Waals surface area (Å²) in [5, 5.41) is 21.5. The van der Waals surface area contributed by atoms with Gasteiger partial charge in [0.1, 0.15) is 56.9 Å². The van der Waals surface area contributed by atoms with Gasteiger partial charge in [-0.3, -0.25) is 9.36 Å². The molecule has 2 aliphatic carbocycles. The topological polar surface area (TPSA) is 215 Å². The lowest BCUT2D eigenvalue weighted by molar-refractivity contribution is 0.393. The van der Waals surface area contributed by atoms with E-state index in [-0.39, 0.29) is 0 Å². The standard InChI is InChI=1S/C27H30N6O2.C19H19ClN4O2.C7H11N3/c1-6-7-24-28-22(11-17-10-20(16-8-9-16)31-33(17)4)26-18-13-23(34-5)19(12-21(18)29-27(26)30-24)25-14(2)32-35-15(25)3;1-5-6-15-22-18(20)17-11-8-14(25-4)12(7-13(11)21-19(17)23-15)16-9(2)24-26-10(16)3;1-10-7(8)4-6(9-10)5-2-3-5/h10,12-13,16H,6-9,11H2,1-5H3,(H,28,29,30);7-8H,5-6H2,1-4H3,(H,21,22,23);4-5H,2-3,8H2,1H3. The Labute approximate surface area is 415 Å². The molecule has 71 heavy (non-hydrogen) atoms. The number of halogens is 1. The first-order valence-corrected chi connectivity index (χ1v) is 24.8. The molecule has 17 nitrogen and oxygen atoms in total. The number of rotatable bonds is 12. The van der Waals surface area contributed by atoms with Crippen molar-refractivity contribution >= 4 is 61.3 Å². The van der Waals surface area contributed by atoms with E-state index in [1.807, 2.05) is 64.7 Å². The number of hydrogen-bond acceptors (Lipinski definition) is 13. The Hall–Kier alpha value is -7.27. The number of aryl methyl sites for hydroxylation is 8. The molecule has 2 fully saturated rings. The summed E-state index contributed by atoms with van der Waals surface area (Å²) in [5.74, 6) is 6.72. The fourth-order valence-corrected chi connectivity index (χ4v) is 9.85. The minimum Gasteiger partial charge on any atom is -0.496 e. The number of anilines is 1. The number of nitrogens with one attached hydrogen (secondary N) is 2. The van der Waals surface area contributed by atoms with Gasteiger partial charge in [-0.25, -0.2) is 19.9 Å². The summed E-state index contributed by atoms with van der Waals surface area (Å²) in [7, 11) is 7.25. The normalized spacial score (nSPS) is 13.6. The van der Waals surface area contributed by atoms with Crippen LogP contribution in [0.15, 0.2) is 45.4 Å². The number of nitrogens with zero attached hydrogens (tertiary/aromatic N) is 10. The third-order valence-corrected chi connectivity index (χ3v) is 13.8. The second-order valence-corrected chi connectivity index (χ2v) is 19.2. The molecule has 0 unspecified atom stereocenters. The zero-order valence-electron chi connectivity index (χ0n) is 42.0. The van der Waals surface area contributed by atoms with Gasteiger partial charge in [-0.2, -0.15) is 10.2 Å². The summed E-state index contributed by atoms with van der Waals surface area (Å²) in [6.45, 7) is 11.9. The van der Waals surface area contributed by atoms with Crippen LogP contribution in [0.1, 0.15) is 122 Å². The molecule has 8 heterocycles. The van der Waals surface area contributed by atoms with Crippen LogP contribution in [0.2, 0.25) is 5.15 Å². The number of H-pyrrole nitrogens is 2. The number of methoxy groups -OCH3 is 2. The molecular weight excluding hydrogens is 918 g/mol. The van der Waals surface area contributed by atoms with Crippen molar-refractivity contribution in [2.45, 2.75) is 111 Å². The second kappa shape index (κ2) is 19.1. The molecule has 0 aliphatic heterocycles. The van der Waals surface area contributed by atoms with E-state index in [9.17, 15) is 0 Å². The fourth-order valence-electron chi connectivity index (χ4n) is 9.56. The van der Waals surface area contributed by atoms with Crippen molar-refractivity contribution in [1.29, 1.82) is 0 Å². The molecule has 0 saturated heterocycles. The quantitative estimate of drug-likeness (QED) is 0.0973. The van der Waals surface area contributed by atoms with Gasteiger partial charge in [0.05, 0.1) is 59.2 Å².